The molecule has 146 valence electrons. The molecule has 7 nitrogen and oxygen atoms in total. The molecule has 3 aromatic heterocycles. The van der Waals surface area contributed by atoms with Crippen molar-refractivity contribution in [3.8, 4) is 17.5 Å². The van der Waals surface area contributed by atoms with E-state index in [0.717, 1.165) is 23.9 Å². The van der Waals surface area contributed by atoms with E-state index < -0.39 is 0 Å². The van der Waals surface area contributed by atoms with E-state index in [0.29, 0.717) is 28.1 Å². The Kier molecular flexibility index (Phi) is 4.77. The summed E-state index contributed by atoms with van der Waals surface area (Å²) in [5.41, 5.74) is 3.70. The first-order valence-electron chi connectivity index (χ1n) is 9.61. The van der Waals surface area contributed by atoms with E-state index in [4.69, 9.17) is 4.52 Å². The van der Waals surface area contributed by atoms with Crippen molar-refractivity contribution in [2.45, 2.75) is 32.7 Å². The summed E-state index contributed by atoms with van der Waals surface area (Å²) in [5.74, 6) is -0.0352. The lowest BCUT2D eigenvalue weighted by atomic mass is 10.1. The fraction of sp³-hybridized carbons (Fsp3) is 0.273. The topological polar surface area (TPSA) is 87.4 Å². The van der Waals surface area contributed by atoms with Gasteiger partial charge in [-0.3, -0.25) is 9.20 Å². The second-order valence-electron chi connectivity index (χ2n) is 7.03. The third-order valence-corrected chi connectivity index (χ3v) is 5.41. The van der Waals surface area contributed by atoms with Gasteiger partial charge in [0.05, 0.1) is 22.8 Å². The van der Waals surface area contributed by atoms with E-state index in [2.05, 4.69) is 30.1 Å². The van der Waals surface area contributed by atoms with Crippen LogP contribution in [0.25, 0.3) is 28.0 Å². The number of aromatic nitrogens is 3. The maximum atomic E-state index is 12.8. The Morgan fingerprint density at radius 1 is 1.28 bits per heavy atom. The average molecular weight is 387 g/mol. The van der Waals surface area contributed by atoms with Crippen molar-refractivity contribution in [3.05, 3.63) is 53.9 Å². The van der Waals surface area contributed by atoms with E-state index in [9.17, 15) is 10.1 Å². The molecule has 0 fully saturated rings. The molecule has 0 aliphatic rings. The van der Waals surface area contributed by atoms with Crippen LogP contribution in [0, 0.1) is 11.3 Å². The van der Waals surface area contributed by atoms with Crippen LogP contribution in [0.2, 0.25) is 0 Å². The quantitative estimate of drug-likeness (QED) is 0.510. The molecule has 3 heterocycles. The zero-order valence-electron chi connectivity index (χ0n) is 16.6. The van der Waals surface area contributed by atoms with Gasteiger partial charge in [0.2, 0.25) is 0 Å². The van der Waals surface area contributed by atoms with Gasteiger partial charge in [-0.1, -0.05) is 19.0 Å². The van der Waals surface area contributed by atoms with Crippen LogP contribution in [-0.2, 0) is 0 Å². The molecule has 0 bridgehead atoms. The molecule has 7 heteroatoms. The monoisotopic (exact) mass is 387 g/mol. The molecule has 0 spiro atoms. The SMILES string of the molecule is CCC(CC)N(C)C(=O)c1ccc2c(-c3cnc4ccc(C#N)cn34)noc2c1. The summed E-state index contributed by atoms with van der Waals surface area (Å²) in [5, 5.41) is 14.2. The summed E-state index contributed by atoms with van der Waals surface area (Å²) in [6.07, 6.45) is 5.24. The Morgan fingerprint density at radius 3 is 2.79 bits per heavy atom. The molecular formula is C22H21N5O2. The number of hydrogen-bond acceptors (Lipinski definition) is 5. The van der Waals surface area contributed by atoms with Gasteiger partial charge in [0.1, 0.15) is 17.4 Å². The number of imidazole rings is 1. The molecule has 0 unspecified atom stereocenters. The van der Waals surface area contributed by atoms with Gasteiger partial charge in [-0.2, -0.15) is 5.26 Å². The molecule has 1 amide bonds. The summed E-state index contributed by atoms with van der Waals surface area (Å²) >= 11 is 0. The van der Waals surface area contributed by atoms with Gasteiger partial charge in [-0.05, 0) is 43.2 Å². The molecule has 0 aliphatic carbocycles. The number of carbonyl (C=O) groups excluding carboxylic acids is 1. The number of nitrogens with zero attached hydrogens (tertiary/aromatic N) is 5. The predicted molar refractivity (Wildman–Crippen MR) is 109 cm³/mol. The standard InChI is InChI=1S/C22H21N5O2/c1-4-16(5-2)26(3)22(28)15-7-8-17-19(10-15)29-25-21(17)18-12-24-20-9-6-14(11-23)13-27(18)20/h6-10,12-13,16H,4-5H2,1-3H3. The highest BCUT2D eigenvalue weighted by atomic mass is 16.5. The molecule has 0 N–H and O–H groups in total. The molecule has 4 aromatic rings. The van der Waals surface area contributed by atoms with Gasteiger partial charge in [-0.15, -0.1) is 0 Å². The Hall–Kier alpha value is -3.66. The maximum absolute atomic E-state index is 12.8. The van der Waals surface area contributed by atoms with E-state index in [1.807, 2.05) is 17.5 Å². The third-order valence-electron chi connectivity index (χ3n) is 5.41. The average Bonchev–Trinajstić information content (AvgIpc) is 3.36. The molecule has 0 atom stereocenters. The summed E-state index contributed by atoms with van der Waals surface area (Å²) in [7, 11) is 1.83. The minimum absolute atomic E-state index is 0.0352. The smallest absolute Gasteiger partial charge is 0.253 e. The van der Waals surface area contributed by atoms with Crippen LogP contribution < -0.4 is 0 Å². The summed E-state index contributed by atoms with van der Waals surface area (Å²) < 4.78 is 7.35. The Morgan fingerprint density at radius 2 is 2.07 bits per heavy atom. The van der Waals surface area contributed by atoms with Gasteiger partial charge in [0.15, 0.2) is 5.58 Å². The van der Waals surface area contributed by atoms with E-state index in [1.54, 1.807) is 41.6 Å². The number of carbonyl (C=O) groups is 1. The molecule has 0 aliphatic heterocycles. The lowest BCUT2D eigenvalue weighted by Gasteiger charge is -2.26. The van der Waals surface area contributed by atoms with Crippen LogP contribution in [-0.4, -0.2) is 38.4 Å². The number of benzene rings is 1. The summed E-state index contributed by atoms with van der Waals surface area (Å²) in [6, 6.07) is 11.2. The van der Waals surface area contributed by atoms with Crippen LogP contribution in [0.4, 0.5) is 0 Å². The zero-order chi connectivity index (χ0) is 20.5. The molecular weight excluding hydrogens is 366 g/mol. The highest BCUT2D eigenvalue weighted by Gasteiger charge is 2.21. The van der Waals surface area contributed by atoms with Crippen LogP contribution in [0.3, 0.4) is 0 Å². The number of nitriles is 1. The van der Waals surface area contributed by atoms with E-state index >= 15 is 0 Å². The Bertz CT molecular complexity index is 1240. The van der Waals surface area contributed by atoms with Crippen molar-refractivity contribution < 1.29 is 9.32 Å². The minimum Gasteiger partial charge on any atom is -0.356 e. The minimum atomic E-state index is -0.0352. The van der Waals surface area contributed by atoms with Crippen molar-refractivity contribution in [2.24, 2.45) is 0 Å². The Labute approximate surface area is 168 Å². The van der Waals surface area contributed by atoms with Crippen LogP contribution >= 0.6 is 0 Å². The summed E-state index contributed by atoms with van der Waals surface area (Å²) in [4.78, 5) is 19.0. The van der Waals surface area contributed by atoms with Crippen LogP contribution in [0.1, 0.15) is 42.6 Å². The van der Waals surface area contributed by atoms with Gasteiger partial charge in [-0.25, -0.2) is 4.98 Å². The molecule has 0 radical (unpaired) electrons. The van der Waals surface area contributed by atoms with Crippen molar-refractivity contribution in [1.29, 1.82) is 5.26 Å². The largest absolute Gasteiger partial charge is 0.356 e. The lowest BCUT2D eigenvalue weighted by molar-refractivity contribution is 0.0723. The first-order valence-corrected chi connectivity index (χ1v) is 9.61. The lowest BCUT2D eigenvalue weighted by Crippen LogP contribution is -2.36. The number of pyridine rings is 1. The zero-order valence-corrected chi connectivity index (χ0v) is 16.6. The second kappa shape index (κ2) is 7.40. The molecule has 0 saturated heterocycles. The fourth-order valence-corrected chi connectivity index (χ4v) is 3.68. The first kappa shape index (κ1) is 18.7. The maximum Gasteiger partial charge on any atom is 0.253 e. The molecule has 29 heavy (non-hydrogen) atoms. The van der Waals surface area contributed by atoms with E-state index in [-0.39, 0.29) is 11.9 Å². The molecule has 0 saturated carbocycles. The Balaban J connectivity index is 1.75. The van der Waals surface area contributed by atoms with Crippen molar-refractivity contribution in [1.82, 2.24) is 19.4 Å². The molecule has 4 rings (SSSR count). The van der Waals surface area contributed by atoms with Gasteiger partial charge in [0.25, 0.3) is 5.91 Å². The highest BCUT2D eigenvalue weighted by Crippen LogP contribution is 2.29. The number of amides is 1. The van der Waals surface area contributed by atoms with Gasteiger partial charge < -0.3 is 9.42 Å². The number of hydrogen-bond donors (Lipinski definition) is 0. The highest BCUT2D eigenvalue weighted by molar-refractivity contribution is 6.00. The normalized spacial score (nSPS) is 11.3. The van der Waals surface area contributed by atoms with Crippen LogP contribution in [0.15, 0.2) is 47.2 Å². The third kappa shape index (κ3) is 3.13. The predicted octanol–water partition coefficient (Wildman–Crippen LogP) is 4.27. The molecule has 1 aromatic carbocycles. The second-order valence-corrected chi connectivity index (χ2v) is 7.03. The van der Waals surface area contributed by atoms with E-state index in [1.165, 1.54) is 0 Å². The van der Waals surface area contributed by atoms with Crippen molar-refractivity contribution in [2.75, 3.05) is 7.05 Å². The van der Waals surface area contributed by atoms with Crippen molar-refractivity contribution in [3.63, 3.8) is 0 Å². The van der Waals surface area contributed by atoms with Crippen LogP contribution in [0.5, 0.6) is 0 Å². The first-order chi connectivity index (χ1) is 14.1. The van der Waals surface area contributed by atoms with Gasteiger partial charge >= 0.3 is 0 Å². The van der Waals surface area contributed by atoms with Gasteiger partial charge in [0, 0.05) is 24.8 Å². The number of rotatable bonds is 5. The summed E-state index contributed by atoms with van der Waals surface area (Å²) in [6.45, 7) is 4.16. The fourth-order valence-electron chi connectivity index (χ4n) is 3.68. The van der Waals surface area contributed by atoms with Crippen molar-refractivity contribution >= 4 is 22.5 Å². The number of fused-ring (bicyclic) bond motifs is 2.